The van der Waals surface area contributed by atoms with Crippen molar-refractivity contribution in [1.82, 2.24) is 5.32 Å². The molecule has 0 aliphatic carbocycles. The van der Waals surface area contributed by atoms with Crippen LogP contribution in [0.5, 0.6) is 0 Å². The first-order valence-electron chi connectivity index (χ1n) is 6.04. The molecule has 1 heterocycles. The zero-order valence-electron chi connectivity index (χ0n) is 10.3. The maximum Gasteiger partial charge on any atom is 0.0933 e. The van der Waals surface area contributed by atoms with Crippen molar-refractivity contribution in [1.29, 1.82) is 0 Å². The van der Waals surface area contributed by atoms with E-state index in [9.17, 15) is 0 Å². The molecule has 2 unspecified atom stereocenters. The summed E-state index contributed by atoms with van der Waals surface area (Å²) >= 11 is 7.05. The molecule has 1 N–H and O–H groups in total. The largest absolute Gasteiger partial charge is 0.376 e. The molecular weight excluding hydrogens is 362 g/mol. The van der Waals surface area contributed by atoms with Gasteiger partial charge in [-0.15, -0.1) is 0 Å². The Hall–Kier alpha value is 0.0600. The van der Waals surface area contributed by atoms with Gasteiger partial charge in [-0.2, -0.15) is 0 Å². The molecule has 0 saturated carbocycles. The van der Waals surface area contributed by atoms with Crippen LogP contribution in [0.4, 0.5) is 0 Å². The zero-order chi connectivity index (χ0) is 13.0. The number of hydrogen-bond donors (Lipinski definition) is 1. The summed E-state index contributed by atoms with van der Waals surface area (Å²) in [5.41, 5.74) is 1.25. The second-order valence-corrected chi connectivity index (χ2v) is 6.13. The molecule has 18 heavy (non-hydrogen) atoms. The van der Waals surface area contributed by atoms with E-state index in [1.54, 1.807) is 0 Å². The molecule has 0 radical (unpaired) electrons. The van der Waals surface area contributed by atoms with Gasteiger partial charge in [0.05, 0.1) is 25.9 Å². The van der Waals surface area contributed by atoms with E-state index in [0.29, 0.717) is 19.8 Å². The van der Waals surface area contributed by atoms with Crippen molar-refractivity contribution >= 4 is 31.9 Å². The zero-order valence-corrected chi connectivity index (χ0v) is 13.5. The van der Waals surface area contributed by atoms with Gasteiger partial charge < -0.3 is 14.8 Å². The van der Waals surface area contributed by atoms with E-state index in [2.05, 4.69) is 62.3 Å². The van der Waals surface area contributed by atoms with Gasteiger partial charge in [-0.05, 0) is 24.6 Å². The van der Waals surface area contributed by atoms with Gasteiger partial charge in [-0.25, -0.2) is 0 Å². The Morgan fingerprint density at radius 3 is 2.89 bits per heavy atom. The first kappa shape index (κ1) is 14.5. The van der Waals surface area contributed by atoms with Crippen LogP contribution in [0.1, 0.15) is 18.5 Å². The smallest absolute Gasteiger partial charge is 0.0933 e. The second kappa shape index (κ2) is 7.01. The first-order chi connectivity index (χ1) is 8.66. The van der Waals surface area contributed by atoms with Gasteiger partial charge in [-0.3, -0.25) is 0 Å². The molecule has 2 atom stereocenters. The van der Waals surface area contributed by atoms with Crippen molar-refractivity contribution in [2.45, 2.75) is 19.1 Å². The number of benzene rings is 1. The lowest BCUT2D eigenvalue weighted by Gasteiger charge is -2.25. The second-order valence-electron chi connectivity index (χ2n) is 4.36. The minimum atomic E-state index is 0.162. The Labute approximate surface area is 124 Å². The van der Waals surface area contributed by atoms with Crippen molar-refractivity contribution in [3.8, 4) is 0 Å². The molecule has 0 aromatic heterocycles. The fourth-order valence-electron chi connectivity index (χ4n) is 1.93. The summed E-state index contributed by atoms with van der Waals surface area (Å²) < 4.78 is 13.2. The van der Waals surface area contributed by atoms with Crippen LogP contribution in [-0.4, -0.2) is 32.5 Å². The number of hydrogen-bond acceptors (Lipinski definition) is 3. The van der Waals surface area contributed by atoms with Crippen molar-refractivity contribution in [2.75, 3.05) is 26.4 Å². The molecule has 0 amide bonds. The Balaban J connectivity index is 1.88. The van der Waals surface area contributed by atoms with Crippen LogP contribution in [0.15, 0.2) is 27.1 Å². The Morgan fingerprint density at radius 2 is 2.22 bits per heavy atom. The summed E-state index contributed by atoms with van der Waals surface area (Å²) in [7, 11) is 0. The van der Waals surface area contributed by atoms with Crippen molar-refractivity contribution in [3.63, 3.8) is 0 Å². The van der Waals surface area contributed by atoms with Crippen molar-refractivity contribution in [2.24, 2.45) is 0 Å². The number of rotatable bonds is 4. The molecule has 5 heteroatoms. The first-order valence-corrected chi connectivity index (χ1v) is 7.63. The van der Waals surface area contributed by atoms with Gasteiger partial charge in [0.15, 0.2) is 0 Å². The highest BCUT2D eigenvalue weighted by Crippen LogP contribution is 2.26. The molecule has 1 aliphatic heterocycles. The average Bonchev–Trinajstić information content (AvgIpc) is 2.37. The molecular formula is C13H17Br2NO2. The Morgan fingerprint density at radius 1 is 1.39 bits per heavy atom. The van der Waals surface area contributed by atoms with E-state index in [1.807, 2.05) is 0 Å². The minimum Gasteiger partial charge on any atom is -0.376 e. The van der Waals surface area contributed by atoms with Crippen LogP contribution in [0.25, 0.3) is 0 Å². The van der Waals surface area contributed by atoms with E-state index in [4.69, 9.17) is 9.47 Å². The molecule has 1 aliphatic rings. The van der Waals surface area contributed by atoms with Gasteiger partial charge in [0.1, 0.15) is 0 Å². The Kier molecular flexibility index (Phi) is 5.63. The topological polar surface area (TPSA) is 30.5 Å². The summed E-state index contributed by atoms with van der Waals surface area (Å²) in [5, 5.41) is 3.48. The predicted molar refractivity (Wildman–Crippen MR) is 78.8 cm³/mol. The average molecular weight is 379 g/mol. The summed E-state index contributed by atoms with van der Waals surface area (Å²) in [6.07, 6.45) is 0.162. The number of halogens is 2. The molecule has 1 aromatic carbocycles. The maximum atomic E-state index is 5.61. The van der Waals surface area contributed by atoms with Gasteiger partial charge in [0.2, 0.25) is 0 Å². The molecule has 3 nitrogen and oxygen atoms in total. The lowest BCUT2D eigenvalue weighted by Crippen LogP contribution is -2.38. The van der Waals surface area contributed by atoms with Gasteiger partial charge in [0.25, 0.3) is 0 Å². The lowest BCUT2D eigenvalue weighted by molar-refractivity contribution is -0.0869. The highest BCUT2D eigenvalue weighted by atomic mass is 79.9. The molecule has 1 aromatic rings. The Bertz CT molecular complexity index is 395. The molecule has 1 fully saturated rings. The molecule has 2 rings (SSSR count). The normalized spacial score (nSPS) is 21.8. The van der Waals surface area contributed by atoms with Crippen LogP contribution in [0, 0.1) is 0 Å². The molecule has 1 saturated heterocycles. The highest BCUT2D eigenvalue weighted by Gasteiger charge is 2.16. The summed E-state index contributed by atoms with van der Waals surface area (Å²) in [6, 6.07) is 6.51. The molecule has 0 spiro atoms. The van der Waals surface area contributed by atoms with E-state index in [1.165, 1.54) is 5.56 Å². The third-order valence-electron chi connectivity index (χ3n) is 2.97. The third-order valence-corrected chi connectivity index (χ3v) is 4.15. The van der Waals surface area contributed by atoms with Crippen LogP contribution in [0.3, 0.4) is 0 Å². The monoisotopic (exact) mass is 377 g/mol. The number of nitrogens with one attached hydrogen (secondary N) is 1. The van der Waals surface area contributed by atoms with Crippen LogP contribution < -0.4 is 5.32 Å². The fourth-order valence-corrected chi connectivity index (χ4v) is 3.32. The summed E-state index contributed by atoms with van der Waals surface area (Å²) in [6.45, 7) is 5.05. The van der Waals surface area contributed by atoms with Crippen LogP contribution >= 0.6 is 31.9 Å². The predicted octanol–water partition coefficient (Wildman–Crippen LogP) is 3.28. The van der Waals surface area contributed by atoms with E-state index >= 15 is 0 Å². The molecule has 0 bridgehead atoms. The fraction of sp³-hybridized carbons (Fsp3) is 0.538. The maximum absolute atomic E-state index is 5.61. The van der Waals surface area contributed by atoms with Gasteiger partial charge >= 0.3 is 0 Å². The van der Waals surface area contributed by atoms with Gasteiger partial charge in [-0.1, -0.05) is 37.9 Å². The number of ether oxygens (including phenoxy) is 2. The van der Waals surface area contributed by atoms with Crippen LogP contribution in [-0.2, 0) is 9.47 Å². The molecule has 100 valence electrons. The van der Waals surface area contributed by atoms with Gasteiger partial charge in [0, 0.05) is 21.5 Å². The summed E-state index contributed by atoms with van der Waals surface area (Å²) in [4.78, 5) is 0. The quantitative estimate of drug-likeness (QED) is 0.872. The van der Waals surface area contributed by atoms with E-state index < -0.39 is 0 Å². The standard InChI is InChI=1S/C13H17Br2NO2/c1-9(12-3-2-10(14)6-13(12)15)16-7-11-8-17-4-5-18-11/h2-3,6,9,11,16H,4-5,7-8H2,1H3. The van der Waals surface area contributed by atoms with Crippen LogP contribution in [0.2, 0.25) is 0 Å². The van der Waals surface area contributed by atoms with E-state index in [-0.39, 0.29) is 12.1 Å². The minimum absolute atomic E-state index is 0.162. The third kappa shape index (κ3) is 4.03. The highest BCUT2D eigenvalue weighted by molar-refractivity contribution is 9.11. The van der Waals surface area contributed by atoms with Crippen molar-refractivity contribution < 1.29 is 9.47 Å². The summed E-state index contributed by atoms with van der Waals surface area (Å²) in [5.74, 6) is 0. The van der Waals surface area contributed by atoms with E-state index in [0.717, 1.165) is 15.5 Å². The van der Waals surface area contributed by atoms with Crippen molar-refractivity contribution in [3.05, 3.63) is 32.7 Å². The SMILES string of the molecule is CC(NCC1COCCO1)c1ccc(Br)cc1Br. The lowest BCUT2D eigenvalue weighted by atomic mass is 10.1.